The van der Waals surface area contributed by atoms with Crippen LogP contribution in [-0.4, -0.2) is 19.1 Å². The number of likely N-dealkylation sites (N-methyl/N-ethyl adjacent to an activating group) is 1. The fourth-order valence-electron chi connectivity index (χ4n) is 1.26. The molecule has 0 aliphatic heterocycles. The van der Waals surface area contributed by atoms with Crippen LogP contribution in [0.4, 0.5) is 8.78 Å². The first-order valence-corrected chi connectivity index (χ1v) is 5.28. The first-order valence-electron chi connectivity index (χ1n) is 5.28. The quantitative estimate of drug-likeness (QED) is 0.806. The van der Waals surface area contributed by atoms with Crippen LogP contribution in [0, 0.1) is 11.6 Å². The minimum Gasteiger partial charge on any atom is -0.314 e. The zero-order chi connectivity index (χ0) is 12.2. The lowest BCUT2D eigenvalue weighted by Gasteiger charge is -2.24. The van der Waals surface area contributed by atoms with Crippen LogP contribution in [0.3, 0.4) is 0 Å². The van der Waals surface area contributed by atoms with Crippen molar-refractivity contribution in [2.75, 3.05) is 13.6 Å². The molecule has 0 aromatic heterocycles. The summed E-state index contributed by atoms with van der Waals surface area (Å²) in [4.78, 5) is 0. The van der Waals surface area contributed by atoms with Crippen molar-refractivity contribution in [2.45, 2.75) is 25.9 Å². The van der Waals surface area contributed by atoms with Gasteiger partial charge in [0.05, 0.1) is 0 Å². The van der Waals surface area contributed by atoms with E-state index in [1.807, 2.05) is 7.05 Å². The molecule has 0 unspecified atom stereocenters. The highest BCUT2D eigenvalue weighted by molar-refractivity contribution is 5.17. The fourth-order valence-corrected chi connectivity index (χ4v) is 1.26. The Balaban J connectivity index is 2.46. The van der Waals surface area contributed by atoms with Gasteiger partial charge >= 0.3 is 0 Å². The molecule has 90 valence electrons. The third-order valence-corrected chi connectivity index (χ3v) is 2.56. The molecule has 0 saturated heterocycles. The smallest absolute Gasteiger partial charge is 0.159 e. The molecule has 0 aliphatic rings. The second-order valence-corrected chi connectivity index (χ2v) is 4.49. The summed E-state index contributed by atoms with van der Waals surface area (Å²) < 4.78 is 25.6. The highest BCUT2D eigenvalue weighted by Gasteiger charge is 2.13. The second kappa shape index (κ2) is 5.37. The van der Waals surface area contributed by atoms with E-state index >= 15 is 0 Å². The normalized spacial score (nSPS) is 11.8. The van der Waals surface area contributed by atoms with Crippen molar-refractivity contribution in [1.29, 1.82) is 0 Å². The molecule has 0 amide bonds. The van der Waals surface area contributed by atoms with E-state index in [0.717, 1.165) is 18.2 Å². The molecule has 0 aliphatic carbocycles. The van der Waals surface area contributed by atoms with Crippen LogP contribution >= 0.6 is 0 Å². The first-order chi connectivity index (χ1) is 7.44. The maximum absolute atomic E-state index is 12.9. The van der Waals surface area contributed by atoms with Crippen molar-refractivity contribution in [2.24, 2.45) is 0 Å². The minimum absolute atomic E-state index is 0.0153. The van der Waals surface area contributed by atoms with Gasteiger partial charge in [0.15, 0.2) is 11.6 Å². The van der Waals surface area contributed by atoms with Crippen molar-refractivity contribution >= 4 is 0 Å². The molecule has 0 bridgehead atoms. The highest BCUT2D eigenvalue weighted by atomic mass is 19.2. The van der Waals surface area contributed by atoms with Crippen LogP contribution < -0.4 is 10.6 Å². The topological polar surface area (TPSA) is 24.1 Å². The van der Waals surface area contributed by atoms with Gasteiger partial charge in [0, 0.05) is 18.6 Å². The third-order valence-electron chi connectivity index (χ3n) is 2.56. The molecule has 0 atom stereocenters. The zero-order valence-electron chi connectivity index (χ0n) is 9.90. The van der Waals surface area contributed by atoms with E-state index in [0.29, 0.717) is 6.54 Å². The van der Waals surface area contributed by atoms with Crippen molar-refractivity contribution in [1.82, 2.24) is 10.6 Å². The molecule has 16 heavy (non-hydrogen) atoms. The predicted molar refractivity (Wildman–Crippen MR) is 61.2 cm³/mol. The minimum atomic E-state index is -0.806. The maximum Gasteiger partial charge on any atom is 0.159 e. The molecule has 4 heteroatoms. The Kier molecular flexibility index (Phi) is 4.38. The maximum atomic E-state index is 12.9. The second-order valence-electron chi connectivity index (χ2n) is 4.49. The summed E-state index contributed by atoms with van der Waals surface area (Å²) in [5.74, 6) is -1.61. The van der Waals surface area contributed by atoms with Gasteiger partial charge in [-0.05, 0) is 38.6 Å². The van der Waals surface area contributed by atoms with Crippen LogP contribution in [-0.2, 0) is 6.54 Å². The summed E-state index contributed by atoms with van der Waals surface area (Å²) in [7, 11) is 1.89. The highest BCUT2D eigenvalue weighted by Crippen LogP contribution is 2.08. The number of rotatable bonds is 5. The molecule has 0 spiro atoms. The Morgan fingerprint density at radius 2 is 1.88 bits per heavy atom. The number of nitrogens with one attached hydrogen (secondary N) is 2. The standard InChI is InChI=1S/C12H18F2N2/c1-12(2,15-3)8-16-7-9-4-5-10(13)11(14)6-9/h4-6,15-16H,7-8H2,1-3H3. The van der Waals surface area contributed by atoms with Gasteiger partial charge in [-0.1, -0.05) is 6.07 Å². The van der Waals surface area contributed by atoms with Crippen molar-refractivity contribution in [3.63, 3.8) is 0 Å². The average molecular weight is 228 g/mol. The van der Waals surface area contributed by atoms with Crippen molar-refractivity contribution in [3.8, 4) is 0 Å². The van der Waals surface area contributed by atoms with Gasteiger partial charge in [0.25, 0.3) is 0 Å². The summed E-state index contributed by atoms with van der Waals surface area (Å²) in [5.41, 5.74) is 0.726. The van der Waals surface area contributed by atoms with E-state index in [1.54, 1.807) is 6.07 Å². The van der Waals surface area contributed by atoms with Crippen LogP contribution in [0.15, 0.2) is 18.2 Å². The van der Waals surface area contributed by atoms with E-state index in [2.05, 4.69) is 24.5 Å². The van der Waals surface area contributed by atoms with E-state index in [1.165, 1.54) is 6.07 Å². The Morgan fingerprint density at radius 3 is 2.44 bits per heavy atom. The Morgan fingerprint density at radius 1 is 1.19 bits per heavy atom. The van der Waals surface area contributed by atoms with Gasteiger partial charge in [-0.3, -0.25) is 0 Å². The lowest BCUT2D eigenvalue weighted by atomic mass is 10.1. The summed E-state index contributed by atoms with van der Waals surface area (Å²) in [6.07, 6.45) is 0. The van der Waals surface area contributed by atoms with Crippen LogP contribution in [0.5, 0.6) is 0 Å². The predicted octanol–water partition coefficient (Wildman–Crippen LogP) is 2.05. The molecular formula is C12H18F2N2. The van der Waals surface area contributed by atoms with E-state index < -0.39 is 11.6 Å². The van der Waals surface area contributed by atoms with Gasteiger partial charge in [0.2, 0.25) is 0 Å². The molecule has 1 rings (SSSR count). The molecule has 0 fully saturated rings. The van der Waals surface area contributed by atoms with Crippen LogP contribution in [0.2, 0.25) is 0 Å². The molecular weight excluding hydrogens is 210 g/mol. The molecule has 1 aromatic rings. The Hall–Kier alpha value is -1.00. The number of benzene rings is 1. The van der Waals surface area contributed by atoms with Gasteiger partial charge in [-0.2, -0.15) is 0 Å². The van der Waals surface area contributed by atoms with E-state index in [4.69, 9.17) is 0 Å². The fraction of sp³-hybridized carbons (Fsp3) is 0.500. The molecule has 2 nitrogen and oxygen atoms in total. The summed E-state index contributed by atoms with van der Waals surface area (Å²) in [6.45, 7) is 5.40. The third kappa shape index (κ3) is 3.87. The largest absolute Gasteiger partial charge is 0.314 e. The monoisotopic (exact) mass is 228 g/mol. The van der Waals surface area contributed by atoms with Crippen molar-refractivity contribution in [3.05, 3.63) is 35.4 Å². The van der Waals surface area contributed by atoms with Gasteiger partial charge in [-0.25, -0.2) is 8.78 Å². The number of hydrogen-bond acceptors (Lipinski definition) is 2. The molecule has 0 radical (unpaired) electrons. The Labute approximate surface area is 95.1 Å². The summed E-state index contributed by atoms with van der Waals surface area (Å²) >= 11 is 0. The number of halogens is 2. The SMILES string of the molecule is CNC(C)(C)CNCc1ccc(F)c(F)c1. The van der Waals surface area contributed by atoms with Crippen LogP contribution in [0.25, 0.3) is 0 Å². The molecule has 1 aromatic carbocycles. The van der Waals surface area contributed by atoms with Gasteiger partial charge < -0.3 is 10.6 Å². The van der Waals surface area contributed by atoms with Crippen molar-refractivity contribution < 1.29 is 8.78 Å². The molecule has 0 heterocycles. The lowest BCUT2D eigenvalue weighted by molar-refractivity contribution is 0.393. The molecule has 2 N–H and O–H groups in total. The van der Waals surface area contributed by atoms with E-state index in [9.17, 15) is 8.78 Å². The van der Waals surface area contributed by atoms with Gasteiger partial charge in [-0.15, -0.1) is 0 Å². The Bertz CT molecular complexity index is 351. The lowest BCUT2D eigenvalue weighted by Crippen LogP contribution is -2.45. The first kappa shape index (κ1) is 13.1. The molecule has 0 saturated carbocycles. The van der Waals surface area contributed by atoms with Crippen LogP contribution in [0.1, 0.15) is 19.4 Å². The summed E-state index contributed by atoms with van der Waals surface area (Å²) in [5, 5.41) is 6.34. The van der Waals surface area contributed by atoms with E-state index in [-0.39, 0.29) is 5.54 Å². The zero-order valence-corrected chi connectivity index (χ0v) is 9.90. The average Bonchev–Trinajstić information content (AvgIpc) is 2.23. The number of hydrogen-bond donors (Lipinski definition) is 2. The van der Waals surface area contributed by atoms with Gasteiger partial charge in [0.1, 0.15) is 0 Å². The summed E-state index contributed by atoms with van der Waals surface area (Å²) in [6, 6.07) is 3.95.